The molecule has 1 amide bonds. The number of benzene rings is 3. The predicted molar refractivity (Wildman–Crippen MR) is 121 cm³/mol. The molecule has 0 fully saturated rings. The molecule has 1 aliphatic rings. The van der Waals surface area contributed by atoms with E-state index in [0.29, 0.717) is 13.0 Å². The van der Waals surface area contributed by atoms with E-state index < -0.39 is 11.9 Å². The second-order valence-electron chi connectivity index (χ2n) is 7.33. The Morgan fingerprint density at radius 1 is 1.03 bits per heavy atom. The topological polar surface area (TPSA) is 76.4 Å². The number of amides is 1. The molecule has 0 aromatic heterocycles. The van der Waals surface area contributed by atoms with Crippen LogP contribution in [0.5, 0.6) is 0 Å². The second kappa shape index (κ2) is 9.45. The zero-order valence-corrected chi connectivity index (χ0v) is 17.0. The summed E-state index contributed by atoms with van der Waals surface area (Å²) in [5, 5.41) is 2.76. The Morgan fingerprint density at radius 2 is 1.71 bits per heavy atom. The van der Waals surface area contributed by atoms with Gasteiger partial charge >= 0.3 is 6.09 Å². The van der Waals surface area contributed by atoms with Crippen LogP contribution in [0.15, 0.2) is 72.8 Å². The highest BCUT2D eigenvalue weighted by Crippen LogP contribution is 2.44. The summed E-state index contributed by atoms with van der Waals surface area (Å²) in [4.78, 5) is 12.1. The molecule has 1 aliphatic carbocycles. The van der Waals surface area contributed by atoms with Crippen molar-refractivity contribution in [3.05, 3.63) is 95.3 Å². The van der Waals surface area contributed by atoms with Crippen LogP contribution >= 0.6 is 0 Å². The molecule has 158 valence electrons. The summed E-state index contributed by atoms with van der Waals surface area (Å²) >= 11 is 0. The minimum atomic E-state index is -0.445. The van der Waals surface area contributed by atoms with Gasteiger partial charge in [-0.15, -0.1) is 0 Å². The number of alkyl carbamates (subject to hydrolysis) is 1. The smallest absolute Gasteiger partial charge is 0.407 e. The number of fused-ring (bicyclic) bond motifs is 3. The molecule has 0 bridgehead atoms. The van der Waals surface area contributed by atoms with Gasteiger partial charge in [0.2, 0.25) is 0 Å². The van der Waals surface area contributed by atoms with E-state index in [9.17, 15) is 9.18 Å². The average Bonchev–Trinajstić information content (AvgIpc) is 3.11. The average molecular weight is 417 g/mol. The van der Waals surface area contributed by atoms with E-state index in [0.717, 1.165) is 5.56 Å². The highest BCUT2D eigenvalue weighted by atomic mass is 19.1. The zero-order valence-electron chi connectivity index (χ0n) is 17.0. The Morgan fingerprint density at radius 3 is 2.35 bits per heavy atom. The number of hydrogen-bond donors (Lipinski definition) is 3. The highest BCUT2D eigenvalue weighted by molar-refractivity contribution is 5.79. The second-order valence-corrected chi connectivity index (χ2v) is 7.33. The van der Waals surface area contributed by atoms with Gasteiger partial charge in [0.15, 0.2) is 0 Å². The van der Waals surface area contributed by atoms with Gasteiger partial charge in [-0.05, 0) is 46.4 Å². The Kier molecular flexibility index (Phi) is 6.29. The number of nitrogens with two attached hydrogens (primary N) is 1. The number of ether oxygens (including phenoxy) is 1. The Bertz CT molecular complexity index is 1070. The van der Waals surface area contributed by atoms with Crippen molar-refractivity contribution in [1.82, 2.24) is 5.32 Å². The molecule has 6 heteroatoms. The van der Waals surface area contributed by atoms with Crippen molar-refractivity contribution in [3.63, 3.8) is 0 Å². The van der Waals surface area contributed by atoms with Crippen LogP contribution in [0.2, 0.25) is 0 Å². The molecule has 3 aromatic carbocycles. The largest absolute Gasteiger partial charge is 0.449 e. The van der Waals surface area contributed by atoms with Crippen molar-refractivity contribution in [1.29, 1.82) is 0 Å². The van der Waals surface area contributed by atoms with Crippen molar-refractivity contribution in [2.24, 2.45) is 5.84 Å². The van der Waals surface area contributed by atoms with E-state index >= 15 is 0 Å². The number of halogens is 1. The van der Waals surface area contributed by atoms with Crippen LogP contribution < -0.4 is 16.6 Å². The molecule has 0 radical (unpaired) electrons. The van der Waals surface area contributed by atoms with Gasteiger partial charge < -0.3 is 15.5 Å². The number of hydrogen-bond acceptors (Lipinski definition) is 4. The maximum atomic E-state index is 13.7. The quantitative estimate of drug-likeness (QED) is 0.286. The number of rotatable bonds is 7. The monoisotopic (exact) mass is 417 g/mol. The summed E-state index contributed by atoms with van der Waals surface area (Å²) in [5.74, 6) is 4.85. The van der Waals surface area contributed by atoms with E-state index in [1.165, 1.54) is 28.3 Å². The molecular weight excluding hydrogens is 393 g/mol. The lowest BCUT2D eigenvalue weighted by atomic mass is 9.98. The van der Waals surface area contributed by atoms with Crippen LogP contribution in [-0.4, -0.2) is 19.2 Å². The molecule has 4 N–H and O–H groups in total. The minimum Gasteiger partial charge on any atom is -0.449 e. The first-order valence-corrected chi connectivity index (χ1v) is 10.2. The number of hydrazine groups is 1. The van der Waals surface area contributed by atoms with Gasteiger partial charge in [0.1, 0.15) is 12.4 Å². The first kappa shape index (κ1) is 20.6. The summed E-state index contributed by atoms with van der Waals surface area (Å²) < 4.78 is 19.2. The Hall–Kier alpha value is -3.64. The molecule has 4 rings (SSSR count). The van der Waals surface area contributed by atoms with Gasteiger partial charge in [0.05, 0.1) is 5.69 Å². The van der Waals surface area contributed by atoms with E-state index in [-0.39, 0.29) is 18.2 Å². The van der Waals surface area contributed by atoms with Crippen molar-refractivity contribution >= 4 is 17.9 Å². The van der Waals surface area contributed by atoms with Gasteiger partial charge in [0.25, 0.3) is 0 Å². The van der Waals surface area contributed by atoms with Gasteiger partial charge in [-0.1, -0.05) is 66.7 Å². The zero-order chi connectivity index (χ0) is 21.6. The third-order valence-corrected chi connectivity index (χ3v) is 5.38. The maximum absolute atomic E-state index is 13.7. The van der Waals surface area contributed by atoms with Gasteiger partial charge in [-0.3, -0.25) is 5.84 Å². The van der Waals surface area contributed by atoms with Crippen LogP contribution in [0, 0.1) is 5.82 Å². The molecule has 0 saturated carbocycles. The molecular formula is C25H24FN3O2. The Balaban J connectivity index is 1.26. The predicted octanol–water partition coefficient (Wildman–Crippen LogP) is 5.05. The van der Waals surface area contributed by atoms with E-state index in [2.05, 4.69) is 35.0 Å². The van der Waals surface area contributed by atoms with Gasteiger partial charge in [-0.2, -0.15) is 0 Å². The normalized spacial score (nSPS) is 12.5. The fraction of sp³-hybridized carbons (Fsp3) is 0.160. The molecule has 0 heterocycles. The lowest BCUT2D eigenvalue weighted by Gasteiger charge is -2.14. The third kappa shape index (κ3) is 4.59. The van der Waals surface area contributed by atoms with Crippen LogP contribution in [0.4, 0.5) is 14.9 Å². The molecule has 5 nitrogen and oxygen atoms in total. The minimum absolute atomic E-state index is 0.0407. The SMILES string of the molecule is NNc1ccc(C=CCCNC(=O)OCC2c3ccccc3-c3ccccc32)cc1F. The van der Waals surface area contributed by atoms with E-state index in [1.807, 2.05) is 30.3 Å². The third-order valence-electron chi connectivity index (χ3n) is 5.38. The standard InChI is InChI=1S/C25H24FN3O2/c26-23-15-17(12-13-24(23)29-27)7-5-6-14-28-25(30)31-16-22-20-10-3-1-8-18(20)19-9-2-4-11-21(19)22/h1-5,7-13,15,22,29H,6,14,16,27H2,(H,28,30). The van der Waals surface area contributed by atoms with Crippen LogP contribution in [0.1, 0.15) is 29.0 Å². The van der Waals surface area contributed by atoms with Crippen LogP contribution in [-0.2, 0) is 4.74 Å². The first-order valence-electron chi connectivity index (χ1n) is 10.2. The number of anilines is 1. The van der Waals surface area contributed by atoms with Crippen molar-refractivity contribution in [2.45, 2.75) is 12.3 Å². The van der Waals surface area contributed by atoms with E-state index in [4.69, 9.17) is 10.6 Å². The number of nitrogens with one attached hydrogen (secondary N) is 2. The van der Waals surface area contributed by atoms with Gasteiger partial charge in [-0.25, -0.2) is 9.18 Å². The van der Waals surface area contributed by atoms with Crippen molar-refractivity contribution in [2.75, 3.05) is 18.6 Å². The van der Waals surface area contributed by atoms with Crippen molar-refractivity contribution < 1.29 is 13.9 Å². The Labute approximate surface area is 180 Å². The maximum Gasteiger partial charge on any atom is 0.407 e. The fourth-order valence-electron chi connectivity index (χ4n) is 3.88. The first-order chi connectivity index (χ1) is 15.2. The summed E-state index contributed by atoms with van der Waals surface area (Å²) in [7, 11) is 0. The summed E-state index contributed by atoms with van der Waals surface area (Å²) in [6.07, 6.45) is 3.82. The summed E-state index contributed by atoms with van der Waals surface area (Å²) in [5.41, 5.74) is 8.02. The number of carbonyl (C=O) groups excluding carboxylic acids is 1. The molecule has 0 unspecified atom stereocenters. The van der Waals surface area contributed by atoms with Crippen molar-refractivity contribution in [3.8, 4) is 11.1 Å². The molecule has 0 spiro atoms. The summed E-state index contributed by atoms with van der Waals surface area (Å²) in [6, 6.07) is 21.2. The molecule has 31 heavy (non-hydrogen) atoms. The molecule has 0 aliphatic heterocycles. The molecule has 3 aromatic rings. The van der Waals surface area contributed by atoms with Crippen LogP contribution in [0.3, 0.4) is 0 Å². The number of carbonyl (C=O) groups is 1. The van der Waals surface area contributed by atoms with E-state index in [1.54, 1.807) is 18.2 Å². The summed E-state index contributed by atoms with van der Waals surface area (Å²) in [6.45, 7) is 0.717. The van der Waals surface area contributed by atoms with Gasteiger partial charge in [0, 0.05) is 12.5 Å². The highest BCUT2D eigenvalue weighted by Gasteiger charge is 2.28. The molecule has 0 atom stereocenters. The van der Waals surface area contributed by atoms with Crippen LogP contribution in [0.25, 0.3) is 17.2 Å². The lowest BCUT2D eigenvalue weighted by molar-refractivity contribution is 0.143. The number of nitrogen functional groups attached to an aromatic ring is 1. The molecule has 0 saturated heterocycles. The lowest BCUT2D eigenvalue weighted by Crippen LogP contribution is -2.26. The fourth-order valence-corrected chi connectivity index (χ4v) is 3.88.